The zero-order valence-corrected chi connectivity index (χ0v) is 18.5. The molecule has 2 amide bonds. The Hall–Kier alpha value is -3.22. The molecule has 2 unspecified atom stereocenters. The molecule has 3 aromatic rings. The Kier molecular flexibility index (Phi) is 5.64. The van der Waals surface area contributed by atoms with E-state index in [2.05, 4.69) is 9.97 Å². The summed E-state index contributed by atoms with van der Waals surface area (Å²) in [6, 6.07) is 9.58. The maximum absolute atomic E-state index is 13.4. The molecule has 4 heterocycles. The average molecular weight is 432 g/mol. The molecule has 2 saturated heterocycles. The molecule has 2 atom stereocenters. The first kappa shape index (κ1) is 20.7. The molecular formula is C25H29N5O2. The zero-order valence-electron chi connectivity index (χ0n) is 18.5. The number of hydrogen-bond donors (Lipinski definition) is 1. The second-order valence-corrected chi connectivity index (χ2v) is 9.09. The van der Waals surface area contributed by atoms with E-state index in [-0.39, 0.29) is 23.7 Å². The van der Waals surface area contributed by atoms with Crippen molar-refractivity contribution in [1.29, 1.82) is 0 Å². The SMILES string of the molecule is Cc1ccc(C(=O)N2CCCC(C(=O)N3CCCC(c4nc5ccncc5[nH]4)C3)C2)cc1. The monoisotopic (exact) mass is 431 g/mol. The number of fused-ring (bicyclic) bond motifs is 1. The number of carbonyl (C=O) groups is 2. The summed E-state index contributed by atoms with van der Waals surface area (Å²) in [5, 5.41) is 0. The van der Waals surface area contributed by atoms with Gasteiger partial charge in [0.05, 0.1) is 23.1 Å². The highest BCUT2D eigenvalue weighted by Crippen LogP contribution is 2.29. The van der Waals surface area contributed by atoms with E-state index in [4.69, 9.17) is 4.98 Å². The molecule has 2 fully saturated rings. The summed E-state index contributed by atoms with van der Waals surface area (Å²) < 4.78 is 0. The number of likely N-dealkylation sites (tertiary alicyclic amines) is 2. The molecule has 1 aromatic carbocycles. The Bertz CT molecular complexity index is 1090. The summed E-state index contributed by atoms with van der Waals surface area (Å²) >= 11 is 0. The van der Waals surface area contributed by atoms with Gasteiger partial charge in [-0.3, -0.25) is 14.6 Å². The second-order valence-electron chi connectivity index (χ2n) is 9.09. The van der Waals surface area contributed by atoms with Gasteiger partial charge in [0.25, 0.3) is 5.91 Å². The van der Waals surface area contributed by atoms with Crippen LogP contribution in [0, 0.1) is 12.8 Å². The maximum atomic E-state index is 13.4. The van der Waals surface area contributed by atoms with Crippen LogP contribution in [0.1, 0.15) is 53.3 Å². The lowest BCUT2D eigenvalue weighted by Crippen LogP contribution is -2.49. The van der Waals surface area contributed by atoms with Crippen molar-refractivity contribution in [2.45, 2.75) is 38.5 Å². The smallest absolute Gasteiger partial charge is 0.253 e. The number of aromatic amines is 1. The van der Waals surface area contributed by atoms with Crippen LogP contribution in [0.3, 0.4) is 0 Å². The van der Waals surface area contributed by atoms with E-state index in [1.807, 2.05) is 47.1 Å². The molecule has 2 aromatic heterocycles. The van der Waals surface area contributed by atoms with Crippen LogP contribution in [-0.4, -0.2) is 62.7 Å². The Morgan fingerprint density at radius 2 is 1.78 bits per heavy atom. The van der Waals surface area contributed by atoms with Gasteiger partial charge < -0.3 is 14.8 Å². The highest BCUT2D eigenvalue weighted by molar-refractivity contribution is 5.94. The normalized spacial score (nSPS) is 21.7. The summed E-state index contributed by atoms with van der Waals surface area (Å²) in [6.45, 7) is 4.68. The van der Waals surface area contributed by atoms with Gasteiger partial charge in [-0.25, -0.2) is 4.98 Å². The molecule has 0 spiro atoms. The Labute approximate surface area is 187 Å². The highest BCUT2D eigenvalue weighted by Gasteiger charge is 2.34. The van der Waals surface area contributed by atoms with Crippen molar-refractivity contribution in [1.82, 2.24) is 24.8 Å². The number of nitrogens with zero attached hydrogens (tertiary/aromatic N) is 4. The van der Waals surface area contributed by atoms with Crippen molar-refractivity contribution >= 4 is 22.8 Å². The number of piperidine rings is 2. The molecule has 2 aliphatic heterocycles. The van der Waals surface area contributed by atoms with Gasteiger partial charge in [-0.2, -0.15) is 0 Å². The van der Waals surface area contributed by atoms with Crippen molar-refractivity contribution in [3.8, 4) is 0 Å². The number of rotatable bonds is 3. The van der Waals surface area contributed by atoms with Crippen molar-refractivity contribution in [2.24, 2.45) is 5.92 Å². The van der Waals surface area contributed by atoms with E-state index in [0.717, 1.165) is 54.6 Å². The van der Waals surface area contributed by atoms with E-state index in [9.17, 15) is 9.59 Å². The number of imidazole rings is 1. The first-order valence-corrected chi connectivity index (χ1v) is 11.5. The number of benzene rings is 1. The van der Waals surface area contributed by atoms with Crippen molar-refractivity contribution in [3.05, 3.63) is 59.7 Å². The van der Waals surface area contributed by atoms with Gasteiger partial charge in [-0.05, 0) is 50.8 Å². The van der Waals surface area contributed by atoms with Crippen LogP contribution in [0.4, 0.5) is 0 Å². The van der Waals surface area contributed by atoms with Crippen LogP contribution >= 0.6 is 0 Å². The Morgan fingerprint density at radius 3 is 2.59 bits per heavy atom. The molecular weight excluding hydrogens is 402 g/mol. The first-order valence-electron chi connectivity index (χ1n) is 11.5. The lowest BCUT2D eigenvalue weighted by atomic mass is 9.92. The van der Waals surface area contributed by atoms with Gasteiger partial charge in [-0.1, -0.05) is 17.7 Å². The third kappa shape index (κ3) is 4.11. The van der Waals surface area contributed by atoms with E-state index >= 15 is 0 Å². The predicted octanol–water partition coefficient (Wildman–Crippen LogP) is 3.52. The lowest BCUT2D eigenvalue weighted by molar-refractivity contribution is -0.138. The molecule has 0 radical (unpaired) electrons. The van der Waals surface area contributed by atoms with Gasteiger partial charge in [-0.15, -0.1) is 0 Å². The Balaban J connectivity index is 1.25. The number of H-pyrrole nitrogens is 1. The number of pyridine rings is 1. The number of aromatic nitrogens is 3. The fraction of sp³-hybridized carbons (Fsp3) is 0.440. The van der Waals surface area contributed by atoms with Gasteiger partial charge in [0.1, 0.15) is 5.82 Å². The van der Waals surface area contributed by atoms with Gasteiger partial charge in [0.15, 0.2) is 0 Å². The van der Waals surface area contributed by atoms with E-state index in [0.29, 0.717) is 25.2 Å². The molecule has 1 N–H and O–H groups in total. The largest absolute Gasteiger partial charge is 0.342 e. The predicted molar refractivity (Wildman–Crippen MR) is 122 cm³/mol. The van der Waals surface area contributed by atoms with Crippen LogP contribution in [0.2, 0.25) is 0 Å². The van der Waals surface area contributed by atoms with Crippen LogP contribution in [-0.2, 0) is 4.79 Å². The molecule has 0 saturated carbocycles. The van der Waals surface area contributed by atoms with Crippen molar-refractivity contribution in [3.63, 3.8) is 0 Å². The number of hydrogen-bond acceptors (Lipinski definition) is 4. The lowest BCUT2D eigenvalue weighted by Gasteiger charge is -2.38. The number of carbonyl (C=O) groups excluding carboxylic acids is 2. The van der Waals surface area contributed by atoms with Crippen LogP contribution in [0.5, 0.6) is 0 Å². The van der Waals surface area contributed by atoms with Gasteiger partial charge in [0.2, 0.25) is 5.91 Å². The average Bonchev–Trinajstić information content (AvgIpc) is 3.28. The molecule has 166 valence electrons. The van der Waals surface area contributed by atoms with Crippen LogP contribution in [0.25, 0.3) is 11.0 Å². The summed E-state index contributed by atoms with van der Waals surface area (Å²) in [5.74, 6) is 1.21. The van der Waals surface area contributed by atoms with Crippen LogP contribution < -0.4 is 0 Å². The van der Waals surface area contributed by atoms with Gasteiger partial charge >= 0.3 is 0 Å². The topological polar surface area (TPSA) is 82.2 Å². The van der Waals surface area contributed by atoms with Crippen molar-refractivity contribution in [2.75, 3.05) is 26.2 Å². The highest BCUT2D eigenvalue weighted by atomic mass is 16.2. The summed E-state index contributed by atoms with van der Waals surface area (Å²) in [4.78, 5) is 42.5. The van der Waals surface area contributed by atoms with Crippen LogP contribution in [0.15, 0.2) is 42.7 Å². The Morgan fingerprint density at radius 1 is 1.00 bits per heavy atom. The third-order valence-corrected chi connectivity index (χ3v) is 6.78. The molecule has 7 heteroatoms. The first-order chi connectivity index (χ1) is 15.6. The molecule has 0 bridgehead atoms. The standard InChI is InChI=1S/C25H29N5O2/c1-17-6-8-18(9-7-17)24(31)30-13-3-5-20(16-30)25(32)29-12-2-4-19(15-29)23-27-21-10-11-26-14-22(21)28-23/h6-11,14,19-20H,2-5,12-13,15-16H2,1H3,(H,27,28). The molecule has 7 nitrogen and oxygen atoms in total. The number of amides is 2. The maximum Gasteiger partial charge on any atom is 0.253 e. The van der Waals surface area contributed by atoms with E-state index in [1.165, 1.54) is 0 Å². The zero-order chi connectivity index (χ0) is 22.1. The molecule has 2 aliphatic rings. The molecule has 32 heavy (non-hydrogen) atoms. The van der Waals surface area contributed by atoms with E-state index < -0.39 is 0 Å². The van der Waals surface area contributed by atoms with Crippen molar-refractivity contribution < 1.29 is 9.59 Å². The minimum absolute atomic E-state index is 0.0231. The second kappa shape index (κ2) is 8.73. The summed E-state index contributed by atoms with van der Waals surface area (Å²) in [5.41, 5.74) is 3.68. The third-order valence-electron chi connectivity index (χ3n) is 6.78. The van der Waals surface area contributed by atoms with E-state index in [1.54, 1.807) is 12.4 Å². The summed E-state index contributed by atoms with van der Waals surface area (Å²) in [6.07, 6.45) is 7.22. The quantitative estimate of drug-likeness (QED) is 0.688. The molecule has 0 aliphatic carbocycles. The fourth-order valence-electron chi connectivity index (χ4n) is 4.97. The minimum atomic E-state index is -0.128. The number of aryl methyl sites for hydroxylation is 1. The fourth-order valence-corrected chi connectivity index (χ4v) is 4.97. The number of nitrogens with one attached hydrogen (secondary N) is 1. The minimum Gasteiger partial charge on any atom is -0.342 e. The summed E-state index contributed by atoms with van der Waals surface area (Å²) in [7, 11) is 0. The molecule has 5 rings (SSSR count). The van der Waals surface area contributed by atoms with Gasteiger partial charge in [0, 0.05) is 43.9 Å².